The topological polar surface area (TPSA) is 96.0 Å². The largest absolute Gasteiger partial charge is 0.350 e. The number of nitrogens with two attached hydrogens (primary N) is 1. The molecule has 2 unspecified atom stereocenters. The highest BCUT2D eigenvalue weighted by Crippen LogP contribution is 2.35. The quantitative estimate of drug-likeness (QED) is 0.578. The summed E-state index contributed by atoms with van der Waals surface area (Å²) in [7, 11) is 1.93. The number of benzene rings is 1. The van der Waals surface area contributed by atoms with E-state index in [1.807, 2.05) is 11.9 Å². The van der Waals surface area contributed by atoms with E-state index in [4.69, 9.17) is 15.7 Å². The van der Waals surface area contributed by atoms with Crippen molar-refractivity contribution >= 4 is 33.9 Å². The van der Waals surface area contributed by atoms with Gasteiger partial charge < -0.3 is 16.0 Å². The number of hydrogen-bond donors (Lipinski definition) is 2. The van der Waals surface area contributed by atoms with Gasteiger partial charge in [-0.1, -0.05) is 49.7 Å². The third kappa shape index (κ3) is 5.13. The number of carbonyl (C=O) groups is 1. The molecule has 8 heteroatoms. The number of halogens is 1. The highest BCUT2D eigenvalue weighted by molar-refractivity contribution is 9.10. The second-order valence-electron chi connectivity index (χ2n) is 9.63. The minimum Gasteiger partial charge on any atom is -0.350 e. The standard InChI is InChI=1S/C26H31BrN6O/c1-16-8-10-17(11-9-16)23-22-18(30-15-33(4)24(22)28)12-13-20(32-23)26(2,3)14-29-25(34)19-6-5-7-21(27)31-19/h5-11,15,20,24H,12-14,28H2,1-4H3,(H,29,34). The zero-order valence-electron chi connectivity index (χ0n) is 20.0. The van der Waals surface area contributed by atoms with E-state index in [0.717, 1.165) is 35.4 Å². The van der Waals surface area contributed by atoms with Crippen LogP contribution in [-0.2, 0) is 0 Å². The van der Waals surface area contributed by atoms with Crippen molar-refractivity contribution in [1.29, 1.82) is 0 Å². The van der Waals surface area contributed by atoms with Crippen LogP contribution >= 0.6 is 15.9 Å². The maximum Gasteiger partial charge on any atom is 0.269 e. The van der Waals surface area contributed by atoms with E-state index >= 15 is 0 Å². The molecule has 2 aromatic rings. The Morgan fingerprint density at radius 1 is 1.24 bits per heavy atom. The summed E-state index contributed by atoms with van der Waals surface area (Å²) in [5.74, 6) is -0.198. The van der Waals surface area contributed by atoms with Crippen molar-refractivity contribution in [1.82, 2.24) is 15.2 Å². The summed E-state index contributed by atoms with van der Waals surface area (Å²) < 4.78 is 0.633. The van der Waals surface area contributed by atoms with Crippen LogP contribution in [0.4, 0.5) is 0 Å². The zero-order valence-corrected chi connectivity index (χ0v) is 21.6. The van der Waals surface area contributed by atoms with Gasteiger partial charge in [0.15, 0.2) is 0 Å². The summed E-state index contributed by atoms with van der Waals surface area (Å²) in [4.78, 5) is 28.9. The van der Waals surface area contributed by atoms with Crippen molar-refractivity contribution in [2.45, 2.75) is 45.8 Å². The van der Waals surface area contributed by atoms with Crippen molar-refractivity contribution < 1.29 is 4.79 Å². The predicted octanol–water partition coefficient (Wildman–Crippen LogP) is 4.07. The number of amides is 1. The molecule has 1 aromatic heterocycles. The van der Waals surface area contributed by atoms with Crippen LogP contribution in [-0.4, -0.2) is 53.6 Å². The van der Waals surface area contributed by atoms with Gasteiger partial charge in [0.2, 0.25) is 0 Å². The van der Waals surface area contributed by atoms with E-state index in [1.54, 1.807) is 24.5 Å². The number of hydrogen-bond acceptors (Lipinski definition) is 6. The molecule has 0 fully saturated rings. The van der Waals surface area contributed by atoms with E-state index in [-0.39, 0.29) is 23.5 Å². The predicted molar refractivity (Wildman–Crippen MR) is 140 cm³/mol. The van der Waals surface area contributed by atoms with Crippen LogP contribution in [0.1, 0.15) is 48.3 Å². The third-order valence-corrected chi connectivity index (χ3v) is 6.96. The molecule has 0 bridgehead atoms. The fourth-order valence-corrected chi connectivity index (χ4v) is 4.62. The average Bonchev–Trinajstić information content (AvgIpc) is 3.01. The van der Waals surface area contributed by atoms with Gasteiger partial charge >= 0.3 is 0 Å². The highest BCUT2D eigenvalue weighted by atomic mass is 79.9. The minimum absolute atomic E-state index is 0.0297. The molecule has 1 amide bonds. The van der Waals surface area contributed by atoms with E-state index in [0.29, 0.717) is 16.8 Å². The number of pyridine rings is 1. The van der Waals surface area contributed by atoms with E-state index in [2.05, 4.69) is 71.3 Å². The summed E-state index contributed by atoms with van der Waals surface area (Å²) in [6.07, 6.45) is 3.09. The first-order valence-electron chi connectivity index (χ1n) is 11.5. The third-order valence-electron chi connectivity index (χ3n) is 6.52. The fourth-order valence-electron chi connectivity index (χ4n) is 4.27. The maximum absolute atomic E-state index is 12.7. The van der Waals surface area contributed by atoms with E-state index in [9.17, 15) is 4.79 Å². The number of aliphatic imine (C=N–C) groups is 2. The number of aryl methyl sites for hydroxylation is 1. The normalized spacial score (nSPS) is 20.5. The molecule has 0 radical (unpaired) electrons. The SMILES string of the molecule is Cc1ccc(C2=NC(C(C)(C)CNC(=O)c3cccc(Br)n3)CCC3=C2C(N)N(C)C=N3)cc1. The van der Waals surface area contributed by atoms with Crippen molar-refractivity contribution in [2.24, 2.45) is 21.1 Å². The Kier molecular flexibility index (Phi) is 7.00. The van der Waals surface area contributed by atoms with Crippen LogP contribution in [0.25, 0.3) is 0 Å². The van der Waals surface area contributed by atoms with Gasteiger partial charge in [-0.2, -0.15) is 0 Å². The molecule has 7 nitrogen and oxygen atoms in total. The summed E-state index contributed by atoms with van der Waals surface area (Å²) in [6, 6.07) is 13.7. The molecular weight excluding hydrogens is 492 g/mol. The lowest BCUT2D eigenvalue weighted by Gasteiger charge is -2.32. The highest BCUT2D eigenvalue weighted by Gasteiger charge is 2.36. The fraction of sp³-hybridized carbons (Fsp3) is 0.385. The molecule has 2 aliphatic heterocycles. The molecular formula is C26H31BrN6O. The lowest BCUT2D eigenvalue weighted by atomic mass is 9.82. The molecule has 1 aromatic carbocycles. The van der Waals surface area contributed by atoms with E-state index in [1.165, 1.54) is 5.56 Å². The smallest absolute Gasteiger partial charge is 0.269 e. The zero-order chi connectivity index (χ0) is 24.5. The lowest BCUT2D eigenvalue weighted by molar-refractivity contribution is 0.0925. The van der Waals surface area contributed by atoms with Crippen LogP contribution in [0.5, 0.6) is 0 Å². The van der Waals surface area contributed by atoms with Gasteiger partial charge in [-0.25, -0.2) is 9.98 Å². The summed E-state index contributed by atoms with van der Waals surface area (Å²) in [6.45, 7) is 6.82. The Balaban J connectivity index is 1.64. The Morgan fingerprint density at radius 2 is 1.97 bits per heavy atom. The molecule has 4 rings (SSSR count). The number of rotatable bonds is 5. The van der Waals surface area contributed by atoms with Gasteiger partial charge in [0.1, 0.15) is 16.5 Å². The molecule has 2 aliphatic rings. The molecule has 0 saturated heterocycles. The van der Waals surface area contributed by atoms with Crippen LogP contribution in [0.3, 0.4) is 0 Å². The van der Waals surface area contributed by atoms with Gasteiger partial charge in [-0.05, 0) is 47.8 Å². The Morgan fingerprint density at radius 3 is 2.68 bits per heavy atom. The average molecular weight is 523 g/mol. The van der Waals surface area contributed by atoms with Crippen molar-refractivity contribution in [3.05, 3.63) is 75.2 Å². The number of nitrogens with zero attached hydrogens (tertiary/aromatic N) is 4. The lowest BCUT2D eigenvalue weighted by Crippen LogP contribution is -2.45. The van der Waals surface area contributed by atoms with Crippen LogP contribution in [0.2, 0.25) is 0 Å². The second kappa shape index (κ2) is 9.80. The first kappa shape index (κ1) is 24.3. The van der Waals surface area contributed by atoms with Crippen molar-refractivity contribution in [3.8, 4) is 0 Å². The number of allylic oxidation sites excluding steroid dienone is 1. The Labute approximate surface area is 209 Å². The Bertz CT molecular complexity index is 1170. The summed E-state index contributed by atoms with van der Waals surface area (Å²) in [5, 5.41) is 3.06. The van der Waals surface area contributed by atoms with Gasteiger partial charge in [-0.15, -0.1) is 0 Å². The number of aromatic nitrogens is 1. The summed E-state index contributed by atoms with van der Waals surface area (Å²) in [5.41, 5.74) is 11.8. The van der Waals surface area contributed by atoms with E-state index < -0.39 is 0 Å². The molecule has 0 spiro atoms. The number of nitrogens with one attached hydrogen (secondary N) is 1. The second-order valence-corrected chi connectivity index (χ2v) is 10.4. The molecule has 34 heavy (non-hydrogen) atoms. The maximum atomic E-state index is 12.7. The molecule has 0 saturated carbocycles. The molecule has 3 heterocycles. The molecule has 178 valence electrons. The molecule has 2 atom stereocenters. The number of carbonyl (C=O) groups excluding carboxylic acids is 1. The van der Waals surface area contributed by atoms with Crippen LogP contribution < -0.4 is 11.1 Å². The van der Waals surface area contributed by atoms with Crippen molar-refractivity contribution in [2.75, 3.05) is 13.6 Å². The molecule has 0 aliphatic carbocycles. The molecule has 3 N–H and O–H groups in total. The Hall–Kier alpha value is -2.84. The monoisotopic (exact) mass is 522 g/mol. The first-order chi connectivity index (χ1) is 16.2. The van der Waals surface area contributed by atoms with Gasteiger partial charge in [-0.3, -0.25) is 9.79 Å². The minimum atomic E-state index is -0.309. The number of likely N-dealkylation sites (N-methyl/N-ethyl adjacent to an activating group) is 1. The van der Waals surface area contributed by atoms with Gasteiger partial charge in [0, 0.05) is 30.1 Å². The summed E-state index contributed by atoms with van der Waals surface area (Å²) >= 11 is 3.33. The van der Waals surface area contributed by atoms with Crippen LogP contribution in [0.15, 0.2) is 68.3 Å². The van der Waals surface area contributed by atoms with Gasteiger partial charge in [0.05, 0.1) is 23.8 Å². The van der Waals surface area contributed by atoms with Crippen LogP contribution in [0, 0.1) is 12.3 Å². The van der Waals surface area contributed by atoms with Crippen molar-refractivity contribution in [3.63, 3.8) is 0 Å². The first-order valence-corrected chi connectivity index (χ1v) is 12.3. The van der Waals surface area contributed by atoms with Gasteiger partial charge in [0.25, 0.3) is 5.91 Å².